The number of thiocarbonyl (C=S) groups is 1. The molecule has 1 atom stereocenters. The molecule has 9 heteroatoms. The molecule has 0 aliphatic carbocycles. The molecular weight excluding hydrogens is 368 g/mol. The molecule has 0 aliphatic heterocycles. The highest BCUT2D eigenvalue weighted by atomic mass is 32.1. The third kappa shape index (κ3) is 4.59. The van der Waals surface area contributed by atoms with Gasteiger partial charge in [0.1, 0.15) is 11.3 Å². The molecule has 3 rings (SSSR count). The topological polar surface area (TPSA) is 105 Å². The van der Waals surface area contributed by atoms with E-state index in [1.54, 1.807) is 25.3 Å². The Labute approximate surface area is 159 Å². The maximum Gasteiger partial charge on any atom is 0.293 e. The van der Waals surface area contributed by atoms with Gasteiger partial charge in [-0.1, -0.05) is 18.2 Å². The number of nitrogens with one attached hydrogen (secondary N) is 3. The highest BCUT2D eigenvalue weighted by Gasteiger charge is 2.17. The second kappa shape index (κ2) is 8.28. The van der Waals surface area contributed by atoms with E-state index < -0.39 is 17.9 Å². The van der Waals surface area contributed by atoms with E-state index in [9.17, 15) is 9.59 Å². The first-order valence-electron chi connectivity index (χ1n) is 7.99. The van der Waals surface area contributed by atoms with Gasteiger partial charge in [0.25, 0.3) is 11.8 Å². The van der Waals surface area contributed by atoms with Crippen LogP contribution in [0.15, 0.2) is 59.3 Å². The van der Waals surface area contributed by atoms with E-state index in [1.165, 1.54) is 12.3 Å². The van der Waals surface area contributed by atoms with Crippen molar-refractivity contribution >= 4 is 40.0 Å². The first kappa shape index (κ1) is 18.3. The van der Waals surface area contributed by atoms with Gasteiger partial charge >= 0.3 is 0 Å². The highest BCUT2D eigenvalue weighted by Crippen LogP contribution is 2.23. The van der Waals surface area contributed by atoms with Crippen LogP contribution in [-0.4, -0.2) is 28.0 Å². The molecule has 2 heterocycles. The molecule has 0 unspecified atom stereocenters. The number of hydrogen-bond acceptors (Lipinski definition) is 6. The number of pyridine rings is 1. The van der Waals surface area contributed by atoms with Crippen LogP contribution in [0.1, 0.15) is 17.5 Å². The number of rotatable bonds is 4. The third-order valence-corrected chi connectivity index (χ3v) is 3.74. The van der Waals surface area contributed by atoms with Crippen LogP contribution in [0.25, 0.3) is 10.9 Å². The summed E-state index contributed by atoms with van der Waals surface area (Å²) < 4.78 is 10.7. The zero-order valence-electron chi connectivity index (χ0n) is 14.3. The van der Waals surface area contributed by atoms with Gasteiger partial charge in [-0.15, -0.1) is 0 Å². The Kier molecular flexibility index (Phi) is 5.62. The lowest BCUT2D eigenvalue weighted by Crippen LogP contribution is -2.51. The Morgan fingerprint density at radius 2 is 1.96 bits per heavy atom. The number of hydrogen-bond donors (Lipinski definition) is 3. The minimum absolute atomic E-state index is 0.0798. The van der Waals surface area contributed by atoms with Gasteiger partial charge in [0.2, 0.25) is 0 Å². The Morgan fingerprint density at radius 3 is 2.74 bits per heavy atom. The number of para-hydroxylation sites is 1. The maximum absolute atomic E-state index is 12.2. The molecule has 138 valence electrons. The zero-order valence-corrected chi connectivity index (χ0v) is 15.1. The lowest BCUT2D eigenvalue weighted by Gasteiger charge is -2.16. The van der Waals surface area contributed by atoms with Crippen molar-refractivity contribution in [1.29, 1.82) is 0 Å². The van der Waals surface area contributed by atoms with Crippen molar-refractivity contribution in [3.8, 4) is 5.75 Å². The predicted octanol–water partition coefficient (Wildman–Crippen LogP) is 1.93. The lowest BCUT2D eigenvalue weighted by molar-refractivity contribution is -0.127. The summed E-state index contributed by atoms with van der Waals surface area (Å²) in [4.78, 5) is 28.3. The molecule has 0 radical (unpaired) electrons. The molecule has 2 aromatic heterocycles. The summed E-state index contributed by atoms with van der Waals surface area (Å²) in [6, 6.07) is 12.3. The van der Waals surface area contributed by atoms with Crippen LogP contribution >= 0.6 is 12.2 Å². The van der Waals surface area contributed by atoms with Gasteiger partial charge in [0.15, 0.2) is 17.0 Å². The normalized spacial score (nSPS) is 11.4. The number of amides is 2. The molecule has 0 fully saturated rings. The van der Waals surface area contributed by atoms with Crippen LogP contribution in [0.4, 0.5) is 0 Å². The maximum atomic E-state index is 12.2. The van der Waals surface area contributed by atoms with Crippen LogP contribution < -0.4 is 20.9 Å². The van der Waals surface area contributed by atoms with Crippen molar-refractivity contribution in [2.45, 2.75) is 13.0 Å². The van der Waals surface area contributed by atoms with Crippen molar-refractivity contribution in [1.82, 2.24) is 21.2 Å². The lowest BCUT2D eigenvalue weighted by atomic mass is 10.2. The van der Waals surface area contributed by atoms with Gasteiger partial charge in [-0.2, -0.15) is 0 Å². The zero-order chi connectivity index (χ0) is 19.2. The molecule has 0 bridgehead atoms. The number of nitrogens with zero attached hydrogens (tertiary/aromatic N) is 1. The average Bonchev–Trinajstić information content (AvgIpc) is 3.21. The van der Waals surface area contributed by atoms with Gasteiger partial charge in [-0.25, -0.2) is 0 Å². The van der Waals surface area contributed by atoms with E-state index in [1.807, 2.05) is 24.3 Å². The summed E-state index contributed by atoms with van der Waals surface area (Å²) in [5.74, 6) is -0.412. The van der Waals surface area contributed by atoms with E-state index in [4.69, 9.17) is 21.4 Å². The monoisotopic (exact) mass is 384 g/mol. The fourth-order valence-electron chi connectivity index (χ4n) is 2.24. The number of benzene rings is 1. The number of furan rings is 1. The summed E-state index contributed by atoms with van der Waals surface area (Å²) in [6.45, 7) is 1.59. The number of carbonyl (C=O) groups excluding carboxylic acids is 2. The van der Waals surface area contributed by atoms with Gasteiger partial charge in [0, 0.05) is 11.6 Å². The predicted molar refractivity (Wildman–Crippen MR) is 102 cm³/mol. The standard InChI is InChI=1S/C18H16N4O4S/c1-11(26-13-7-2-5-12-6-3-9-19-15(12)13)16(23)21-22-18(27)20-17(24)14-8-4-10-25-14/h2-11H,1H3,(H,21,23)(H2,20,22,24,27)/t11-/m1/s1. The third-order valence-electron chi connectivity index (χ3n) is 3.54. The number of fused-ring (bicyclic) bond motifs is 1. The van der Waals surface area contributed by atoms with Crippen LogP contribution in [0.5, 0.6) is 5.75 Å². The Hall–Kier alpha value is -3.46. The van der Waals surface area contributed by atoms with Gasteiger partial charge in [-0.05, 0) is 43.4 Å². The van der Waals surface area contributed by atoms with Gasteiger partial charge < -0.3 is 9.15 Å². The van der Waals surface area contributed by atoms with Crippen molar-refractivity contribution in [3.05, 3.63) is 60.7 Å². The number of aromatic nitrogens is 1. The minimum Gasteiger partial charge on any atom is -0.479 e. The minimum atomic E-state index is -0.825. The largest absolute Gasteiger partial charge is 0.479 e. The highest BCUT2D eigenvalue weighted by molar-refractivity contribution is 7.80. The van der Waals surface area contributed by atoms with Crippen LogP contribution in [0.3, 0.4) is 0 Å². The first-order valence-corrected chi connectivity index (χ1v) is 8.40. The fraction of sp³-hybridized carbons (Fsp3) is 0.111. The molecule has 3 N–H and O–H groups in total. The van der Waals surface area contributed by atoms with E-state index in [2.05, 4.69) is 21.2 Å². The number of carbonyl (C=O) groups is 2. The SMILES string of the molecule is C[C@@H](Oc1cccc2cccnc12)C(=O)NNC(=S)NC(=O)c1ccco1. The smallest absolute Gasteiger partial charge is 0.293 e. The van der Waals surface area contributed by atoms with Gasteiger partial charge in [0.05, 0.1) is 6.26 Å². The van der Waals surface area contributed by atoms with Crippen molar-refractivity contribution in [2.75, 3.05) is 0 Å². The first-order chi connectivity index (χ1) is 13.0. The molecule has 8 nitrogen and oxygen atoms in total. The van der Waals surface area contributed by atoms with Crippen LogP contribution in [0.2, 0.25) is 0 Å². The Balaban J connectivity index is 1.53. The quantitative estimate of drug-likeness (QED) is 0.466. The molecular formula is C18H16N4O4S. The number of ether oxygens (including phenoxy) is 1. The molecule has 2 amide bonds. The van der Waals surface area contributed by atoms with E-state index in [0.717, 1.165) is 5.39 Å². The van der Waals surface area contributed by atoms with Crippen molar-refractivity contribution < 1.29 is 18.7 Å². The summed E-state index contributed by atoms with van der Waals surface area (Å²) in [5, 5.41) is 3.20. The summed E-state index contributed by atoms with van der Waals surface area (Å²) >= 11 is 4.95. The summed E-state index contributed by atoms with van der Waals surface area (Å²) in [5.41, 5.74) is 5.48. The summed E-state index contributed by atoms with van der Waals surface area (Å²) in [6.07, 6.45) is 2.20. The molecule has 3 aromatic rings. The molecule has 0 aliphatic rings. The molecule has 27 heavy (non-hydrogen) atoms. The van der Waals surface area contributed by atoms with E-state index >= 15 is 0 Å². The molecule has 0 spiro atoms. The second-order valence-corrected chi connectivity index (χ2v) is 5.87. The van der Waals surface area contributed by atoms with Crippen molar-refractivity contribution in [3.63, 3.8) is 0 Å². The van der Waals surface area contributed by atoms with Gasteiger partial charge in [-0.3, -0.25) is 30.7 Å². The van der Waals surface area contributed by atoms with Crippen LogP contribution in [-0.2, 0) is 4.79 Å². The average molecular weight is 384 g/mol. The molecule has 0 saturated heterocycles. The van der Waals surface area contributed by atoms with E-state index in [0.29, 0.717) is 11.3 Å². The second-order valence-electron chi connectivity index (χ2n) is 5.47. The Bertz CT molecular complexity index is 969. The fourth-order valence-corrected chi connectivity index (χ4v) is 2.38. The number of hydrazine groups is 1. The van der Waals surface area contributed by atoms with Crippen molar-refractivity contribution in [2.24, 2.45) is 0 Å². The van der Waals surface area contributed by atoms with E-state index in [-0.39, 0.29) is 10.9 Å². The Morgan fingerprint density at radius 1 is 1.15 bits per heavy atom. The molecule has 0 saturated carbocycles. The van der Waals surface area contributed by atoms with Crippen LogP contribution in [0, 0.1) is 0 Å². The summed E-state index contributed by atoms with van der Waals surface area (Å²) in [7, 11) is 0. The molecule has 1 aromatic carbocycles.